The number of nitrogens with zero attached hydrogens (tertiary/aromatic N) is 2. The molecule has 170 valence electrons. The monoisotopic (exact) mass is 447 g/mol. The van der Waals surface area contributed by atoms with Crippen LogP contribution < -0.4 is 10.7 Å². The molecule has 10 heteroatoms. The molecule has 2 aliphatic rings. The summed E-state index contributed by atoms with van der Waals surface area (Å²) in [5, 5.41) is 12.8. The van der Waals surface area contributed by atoms with Gasteiger partial charge in [0, 0.05) is 30.9 Å². The van der Waals surface area contributed by atoms with E-state index in [0.29, 0.717) is 19.0 Å². The van der Waals surface area contributed by atoms with Crippen molar-refractivity contribution in [3.05, 3.63) is 63.1 Å². The molecule has 0 spiro atoms. The highest BCUT2D eigenvalue weighted by Crippen LogP contribution is 2.30. The third-order valence-electron chi connectivity index (χ3n) is 5.85. The van der Waals surface area contributed by atoms with Gasteiger partial charge in [-0.05, 0) is 18.4 Å². The van der Waals surface area contributed by atoms with Crippen molar-refractivity contribution in [2.24, 2.45) is 5.92 Å². The summed E-state index contributed by atoms with van der Waals surface area (Å²) in [6, 6.07) is 2.92. The quantitative estimate of drug-likeness (QED) is 0.747. The number of benzene rings is 1. The number of ether oxygens (including phenoxy) is 1. The van der Waals surface area contributed by atoms with Gasteiger partial charge in [-0.15, -0.1) is 0 Å². The Bertz CT molecular complexity index is 1150. The first-order valence-corrected chi connectivity index (χ1v) is 10.3. The molecule has 2 atom stereocenters. The summed E-state index contributed by atoms with van der Waals surface area (Å²) in [5.74, 6) is -3.56. The van der Waals surface area contributed by atoms with Gasteiger partial charge in [-0.1, -0.05) is 19.9 Å². The summed E-state index contributed by atoms with van der Waals surface area (Å²) in [6.45, 7) is 4.33. The number of aromatic nitrogens is 1. The van der Waals surface area contributed by atoms with Gasteiger partial charge in [-0.25, -0.2) is 8.78 Å². The van der Waals surface area contributed by atoms with Crippen molar-refractivity contribution >= 4 is 11.8 Å². The topological polar surface area (TPSA) is 101 Å². The van der Waals surface area contributed by atoms with Crippen LogP contribution in [0.4, 0.5) is 8.78 Å². The number of halogens is 2. The fourth-order valence-electron chi connectivity index (χ4n) is 4.04. The summed E-state index contributed by atoms with van der Waals surface area (Å²) < 4.78 is 34.2. The van der Waals surface area contributed by atoms with E-state index in [2.05, 4.69) is 5.32 Å². The van der Waals surface area contributed by atoms with Gasteiger partial charge in [0.05, 0.1) is 12.6 Å². The fraction of sp³-hybridized carbons (Fsp3) is 0.409. The van der Waals surface area contributed by atoms with Crippen LogP contribution in [0.1, 0.15) is 46.7 Å². The maximum atomic E-state index is 13.8. The molecule has 0 saturated carbocycles. The Morgan fingerprint density at radius 2 is 2.06 bits per heavy atom. The summed E-state index contributed by atoms with van der Waals surface area (Å²) in [5.41, 5.74) is -1.56. The minimum Gasteiger partial charge on any atom is -0.503 e. The summed E-state index contributed by atoms with van der Waals surface area (Å²) in [6.07, 6.45) is 1.23. The molecule has 2 aromatic rings. The number of hydrogen-bond acceptors (Lipinski definition) is 5. The maximum absolute atomic E-state index is 13.8. The van der Waals surface area contributed by atoms with E-state index in [1.165, 1.54) is 21.7 Å². The van der Waals surface area contributed by atoms with Gasteiger partial charge >= 0.3 is 0 Å². The van der Waals surface area contributed by atoms with E-state index < -0.39 is 46.4 Å². The average Bonchev–Trinajstić information content (AvgIpc) is 2.75. The zero-order valence-corrected chi connectivity index (χ0v) is 17.6. The Balaban J connectivity index is 1.60. The second-order valence-electron chi connectivity index (χ2n) is 8.30. The Labute approximate surface area is 182 Å². The van der Waals surface area contributed by atoms with Crippen molar-refractivity contribution in [2.75, 3.05) is 6.54 Å². The molecule has 0 unspecified atom stereocenters. The van der Waals surface area contributed by atoms with Gasteiger partial charge in [-0.2, -0.15) is 0 Å². The van der Waals surface area contributed by atoms with Crippen LogP contribution >= 0.6 is 0 Å². The Kier molecular flexibility index (Phi) is 5.72. The highest BCUT2D eigenvalue weighted by atomic mass is 19.1. The predicted octanol–water partition coefficient (Wildman–Crippen LogP) is 1.99. The molecule has 8 nitrogen and oxygen atoms in total. The minimum absolute atomic E-state index is 0.0307. The number of rotatable bonds is 4. The van der Waals surface area contributed by atoms with E-state index >= 15 is 0 Å². The molecule has 1 aromatic carbocycles. The number of amides is 2. The number of hydrogen-bond donors (Lipinski definition) is 2. The predicted molar refractivity (Wildman–Crippen MR) is 109 cm³/mol. The van der Waals surface area contributed by atoms with E-state index in [-0.39, 0.29) is 36.4 Å². The van der Waals surface area contributed by atoms with Crippen LogP contribution in [-0.4, -0.2) is 45.3 Å². The normalized spacial score (nSPS) is 20.2. The SMILES string of the molecule is CC(C)[C@H]1CCN2C(=O)c3c(O)c(=O)c(C(=O)NCc4ccc(F)cc4F)cn3C[C@H]2O1. The number of aromatic hydroxyl groups is 1. The van der Waals surface area contributed by atoms with Crippen LogP contribution in [0.2, 0.25) is 0 Å². The maximum Gasteiger partial charge on any atom is 0.276 e. The molecule has 2 aliphatic heterocycles. The first kappa shape index (κ1) is 21.9. The molecule has 32 heavy (non-hydrogen) atoms. The number of pyridine rings is 1. The van der Waals surface area contributed by atoms with Crippen LogP contribution in [-0.2, 0) is 17.8 Å². The van der Waals surface area contributed by atoms with Gasteiger partial charge in [0.2, 0.25) is 5.43 Å². The number of nitrogens with one attached hydrogen (secondary N) is 1. The Morgan fingerprint density at radius 3 is 2.75 bits per heavy atom. The highest BCUT2D eigenvalue weighted by Gasteiger charge is 2.40. The van der Waals surface area contributed by atoms with Gasteiger partial charge in [-0.3, -0.25) is 14.4 Å². The summed E-state index contributed by atoms with van der Waals surface area (Å²) in [4.78, 5) is 39.6. The van der Waals surface area contributed by atoms with Crippen LogP contribution in [0.5, 0.6) is 5.75 Å². The van der Waals surface area contributed by atoms with Crippen molar-refractivity contribution in [1.29, 1.82) is 0 Å². The summed E-state index contributed by atoms with van der Waals surface area (Å²) in [7, 11) is 0. The fourth-order valence-corrected chi connectivity index (χ4v) is 4.04. The zero-order chi connectivity index (χ0) is 23.2. The zero-order valence-electron chi connectivity index (χ0n) is 17.6. The van der Waals surface area contributed by atoms with Crippen molar-refractivity contribution in [3.63, 3.8) is 0 Å². The average molecular weight is 447 g/mol. The number of fused-ring (bicyclic) bond motifs is 2. The number of carbonyl (C=O) groups excluding carboxylic acids is 2. The third kappa shape index (κ3) is 3.86. The molecule has 1 saturated heterocycles. The number of carbonyl (C=O) groups is 2. The minimum atomic E-state index is -1.00. The molecule has 1 aromatic heterocycles. The molecule has 2 amide bonds. The van der Waals surface area contributed by atoms with E-state index in [4.69, 9.17) is 4.74 Å². The molecule has 3 heterocycles. The Hall–Kier alpha value is -3.27. The smallest absolute Gasteiger partial charge is 0.276 e. The molecule has 2 N–H and O–H groups in total. The van der Waals surface area contributed by atoms with Crippen molar-refractivity contribution < 1.29 is 28.2 Å². The van der Waals surface area contributed by atoms with Gasteiger partial charge < -0.3 is 24.6 Å². The van der Waals surface area contributed by atoms with Gasteiger partial charge in [0.15, 0.2) is 17.7 Å². The second-order valence-corrected chi connectivity index (χ2v) is 8.30. The lowest BCUT2D eigenvalue weighted by molar-refractivity contribution is -0.147. The molecule has 0 radical (unpaired) electrons. The summed E-state index contributed by atoms with van der Waals surface area (Å²) >= 11 is 0. The van der Waals surface area contributed by atoms with Crippen LogP contribution in [0.3, 0.4) is 0 Å². The van der Waals surface area contributed by atoms with E-state index in [1.54, 1.807) is 0 Å². The molecular formula is C22H23F2N3O5. The molecule has 0 aliphatic carbocycles. The standard InChI is InChI=1S/C22H23F2N3O5/c1-11(2)16-5-6-27-17(32-16)10-26-9-14(19(28)20(29)18(26)22(27)31)21(30)25-8-12-3-4-13(23)7-15(12)24/h3-4,7,9,11,16-17,29H,5-6,8,10H2,1-2H3,(H,25,30)/t16-,17-/m1/s1. The lowest BCUT2D eigenvalue weighted by Crippen LogP contribution is -2.56. The molecule has 4 rings (SSSR count). The van der Waals surface area contributed by atoms with E-state index in [0.717, 1.165) is 6.07 Å². The molecule has 0 bridgehead atoms. The second kappa shape index (κ2) is 8.34. The highest BCUT2D eigenvalue weighted by molar-refractivity contribution is 5.99. The van der Waals surface area contributed by atoms with Crippen molar-refractivity contribution in [3.8, 4) is 5.75 Å². The Morgan fingerprint density at radius 1 is 1.31 bits per heavy atom. The largest absolute Gasteiger partial charge is 0.503 e. The molecular weight excluding hydrogens is 424 g/mol. The third-order valence-corrected chi connectivity index (χ3v) is 5.85. The van der Waals surface area contributed by atoms with Crippen molar-refractivity contribution in [2.45, 2.75) is 45.7 Å². The molecule has 1 fully saturated rings. The van der Waals surface area contributed by atoms with Crippen LogP contribution in [0.15, 0.2) is 29.2 Å². The van der Waals surface area contributed by atoms with E-state index in [1.807, 2.05) is 13.8 Å². The first-order chi connectivity index (χ1) is 15.2. The van der Waals surface area contributed by atoms with Crippen LogP contribution in [0, 0.1) is 17.6 Å². The van der Waals surface area contributed by atoms with Gasteiger partial charge in [0.25, 0.3) is 11.8 Å². The van der Waals surface area contributed by atoms with E-state index in [9.17, 15) is 28.3 Å². The van der Waals surface area contributed by atoms with Gasteiger partial charge in [0.1, 0.15) is 17.2 Å². The lowest BCUT2D eigenvalue weighted by Gasteiger charge is -2.44. The first-order valence-electron chi connectivity index (χ1n) is 10.3. The van der Waals surface area contributed by atoms with Crippen LogP contribution in [0.25, 0.3) is 0 Å². The van der Waals surface area contributed by atoms with Crippen molar-refractivity contribution in [1.82, 2.24) is 14.8 Å². The lowest BCUT2D eigenvalue weighted by atomic mass is 10.0.